The summed E-state index contributed by atoms with van der Waals surface area (Å²) in [6.45, 7) is 2.73. The first-order valence-corrected chi connectivity index (χ1v) is 8.32. The summed E-state index contributed by atoms with van der Waals surface area (Å²) in [7, 11) is -2.07. The molecule has 108 valence electrons. The zero-order chi connectivity index (χ0) is 14.1. The minimum absolute atomic E-state index is 0.141. The molecule has 0 saturated carbocycles. The molecule has 2 heterocycles. The summed E-state index contributed by atoms with van der Waals surface area (Å²) in [6.07, 6.45) is 0.661. The molecule has 2 rings (SSSR count). The SMILES string of the molecule is COC1(CNS(=O)(=O)c2sc(Cl)nc2C)CCOC1. The molecular weight excluding hydrogens is 312 g/mol. The third kappa shape index (κ3) is 3.26. The van der Waals surface area contributed by atoms with Crippen LogP contribution < -0.4 is 4.72 Å². The molecule has 0 aromatic carbocycles. The molecule has 0 amide bonds. The number of nitrogens with one attached hydrogen (secondary N) is 1. The Balaban J connectivity index is 2.12. The highest BCUT2D eigenvalue weighted by molar-refractivity contribution is 7.91. The number of hydrogen-bond donors (Lipinski definition) is 1. The highest BCUT2D eigenvalue weighted by atomic mass is 35.5. The van der Waals surface area contributed by atoms with E-state index in [-0.39, 0.29) is 15.2 Å². The van der Waals surface area contributed by atoms with Crippen LogP contribution >= 0.6 is 22.9 Å². The van der Waals surface area contributed by atoms with E-state index in [2.05, 4.69) is 9.71 Å². The summed E-state index contributed by atoms with van der Waals surface area (Å²) in [6, 6.07) is 0. The van der Waals surface area contributed by atoms with Gasteiger partial charge in [-0.2, -0.15) is 0 Å². The fourth-order valence-electron chi connectivity index (χ4n) is 1.85. The molecule has 1 fully saturated rings. The Labute approximate surface area is 121 Å². The van der Waals surface area contributed by atoms with Gasteiger partial charge in [-0.1, -0.05) is 22.9 Å². The molecule has 1 N–H and O–H groups in total. The molecule has 1 aromatic rings. The van der Waals surface area contributed by atoms with E-state index in [0.717, 1.165) is 11.3 Å². The van der Waals surface area contributed by atoms with Gasteiger partial charge in [0.2, 0.25) is 0 Å². The van der Waals surface area contributed by atoms with Crippen LogP contribution in [0.15, 0.2) is 4.21 Å². The van der Waals surface area contributed by atoms with Crippen LogP contribution in [0.25, 0.3) is 0 Å². The topological polar surface area (TPSA) is 77.5 Å². The van der Waals surface area contributed by atoms with E-state index in [1.165, 1.54) is 0 Å². The van der Waals surface area contributed by atoms with Gasteiger partial charge in [-0.15, -0.1) is 0 Å². The molecule has 1 unspecified atom stereocenters. The maximum atomic E-state index is 12.2. The average molecular weight is 327 g/mol. The Kier molecular flexibility index (Phi) is 4.49. The van der Waals surface area contributed by atoms with Crippen molar-refractivity contribution in [1.82, 2.24) is 9.71 Å². The maximum Gasteiger partial charge on any atom is 0.252 e. The molecule has 0 aliphatic carbocycles. The van der Waals surface area contributed by atoms with Crippen molar-refractivity contribution in [3.05, 3.63) is 10.2 Å². The Morgan fingerprint density at radius 1 is 1.63 bits per heavy atom. The number of methoxy groups -OCH3 is 1. The summed E-state index contributed by atoms with van der Waals surface area (Å²) in [5, 5.41) is 0. The van der Waals surface area contributed by atoms with Crippen LogP contribution in [0.3, 0.4) is 0 Å². The van der Waals surface area contributed by atoms with Gasteiger partial charge in [0.05, 0.1) is 12.3 Å². The minimum Gasteiger partial charge on any atom is -0.378 e. The van der Waals surface area contributed by atoms with Gasteiger partial charge in [0.15, 0.2) is 8.68 Å². The van der Waals surface area contributed by atoms with Gasteiger partial charge >= 0.3 is 0 Å². The Hall–Kier alpha value is -0.250. The fraction of sp³-hybridized carbons (Fsp3) is 0.700. The van der Waals surface area contributed by atoms with E-state index >= 15 is 0 Å². The second-order valence-corrected chi connectivity index (χ2v) is 7.90. The summed E-state index contributed by atoms with van der Waals surface area (Å²) < 4.78 is 37.9. The quantitative estimate of drug-likeness (QED) is 0.879. The van der Waals surface area contributed by atoms with Gasteiger partial charge in [0.25, 0.3) is 10.0 Å². The maximum absolute atomic E-state index is 12.2. The van der Waals surface area contributed by atoms with Crippen molar-refractivity contribution >= 4 is 33.0 Å². The molecule has 19 heavy (non-hydrogen) atoms. The van der Waals surface area contributed by atoms with E-state index in [1.54, 1.807) is 14.0 Å². The third-order valence-corrected chi connectivity index (χ3v) is 6.33. The molecule has 6 nitrogen and oxygen atoms in total. The minimum atomic E-state index is -3.62. The Morgan fingerprint density at radius 2 is 2.37 bits per heavy atom. The number of thiazole rings is 1. The lowest BCUT2D eigenvalue weighted by molar-refractivity contribution is -0.0120. The number of sulfonamides is 1. The molecule has 0 bridgehead atoms. The van der Waals surface area contributed by atoms with Crippen LogP contribution in [0.1, 0.15) is 12.1 Å². The predicted octanol–water partition coefficient (Wildman–Crippen LogP) is 1.19. The van der Waals surface area contributed by atoms with Gasteiger partial charge in [0, 0.05) is 26.7 Å². The van der Waals surface area contributed by atoms with Crippen LogP contribution in [-0.4, -0.2) is 45.9 Å². The molecule has 1 aromatic heterocycles. The van der Waals surface area contributed by atoms with Crippen LogP contribution in [0, 0.1) is 6.92 Å². The normalized spacial score (nSPS) is 23.9. The molecule has 1 atom stereocenters. The summed E-state index contributed by atoms with van der Waals surface area (Å²) in [5.74, 6) is 0. The lowest BCUT2D eigenvalue weighted by Crippen LogP contribution is -2.44. The van der Waals surface area contributed by atoms with Crippen molar-refractivity contribution < 1.29 is 17.9 Å². The molecule has 0 radical (unpaired) electrons. The summed E-state index contributed by atoms with van der Waals surface area (Å²) >= 11 is 6.67. The Morgan fingerprint density at radius 3 is 2.84 bits per heavy atom. The van der Waals surface area contributed by atoms with E-state index in [0.29, 0.717) is 25.3 Å². The van der Waals surface area contributed by atoms with Crippen molar-refractivity contribution in [2.24, 2.45) is 0 Å². The molecule has 9 heteroatoms. The van der Waals surface area contributed by atoms with E-state index in [9.17, 15) is 8.42 Å². The average Bonchev–Trinajstić information content (AvgIpc) is 2.95. The van der Waals surface area contributed by atoms with Gasteiger partial charge < -0.3 is 9.47 Å². The smallest absolute Gasteiger partial charge is 0.252 e. The number of rotatable bonds is 5. The number of nitrogens with zero attached hydrogens (tertiary/aromatic N) is 1. The van der Waals surface area contributed by atoms with Gasteiger partial charge in [0.1, 0.15) is 5.60 Å². The number of hydrogen-bond acceptors (Lipinski definition) is 6. The number of halogens is 1. The number of ether oxygens (including phenoxy) is 2. The highest BCUT2D eigenvalue weighted by Gasteiger charge is 2.36. The zero-order valence-corrected chi connectivity index (χ0v) is 13.0. The lowest BCUT2D eigenvalue weighted by Gasteiger charge is -2.25. The van der Waals surface area contributed by atoms with E-state index in [1.807, 2.05) is 0 Å². The molecule has 0 spiro atoms. The number of aromatic nitrogens is 1. The Bertz CT molecular complexity index is 552. The third-order valence-electron chi connectivity index (χ3n) is 3.06. The van der Waals surface area contributed by atoms with Crippen LogP contribution in [0.2, 0.25) is 4.47 Å². The predicted molar refractivity (Wildman–Crippen MR) is 72.2 cm³/mol. The number of aryl methyl sites for hydroxylation is 1. The molecular formula is C10H15ClN2O4S2. The van der Waals surface area contributed by atoms with Gasteiger partial charge in [-0.05, 0) is 6.92 Å². The second kappa shape index (κ2) is 5.63. The second-order valence-electron chi connectivity index (χ2n) is 4.35. The van der Waals surface area contributed by atoms with E-state index in [4.69, 9.17) is 21.1 Å². The van der Waals surface area contributed by atoms with Gasteiger partial charge in [-0.3, -0.25) is 0 Å². The van der Waals surface area contributed by atoms with Crippen molar-refractivity contribution in [2.45, 2.75) is 23.2 Å². The largest absolute Gasteiger partial charge is 0.378 e. The highest BCUT2D eigenvalue weighted by Crippen LogP contribution is 2.27. The van der Waals surface area contributed by atoms with Crippen molar-refractivity contribution in [2.75, 3.05) is 26.9 Å². The van der Waals surface area contributed by atoms with Crippen molar-refractivity contribution in [3.63, 3.8) is 0 Å². The van der Waals surface area contributed by atoms with E-state index < -0.39 is 15.6 Å². The first-order valence-electron chi connectivity index (χ1n) is 5.64. The molecule has 1 saturated heterocycles. The first-order chi connectivity index (χ1) is 8.88. The summed E-state index contributed by atoms with van der Waals surface area (Å²) in [4.78, 5) is 3.90. The van der Waals surface area contributed by atoms with Crippen molar-refractivity contribution in [1.29, 1.82) is 0 Å². The van der Waals surface area contributed by atoms with Crippen LogP contribution in [0.4, 0.5) is 0 Å². The fourth-order valence-corrected chi connectivity index (χ4v) is 4.75. The lowest BCUT2D eigenvalue weighted by atomic mass is 10.0. The first kappa shape index (κ1) is 15.1. The standard InChI is InChI=1S/C10H15ClN2O4S2/c1-7-8(18-9(11)13-7)19(14,15)12-5-10(16-2)3-4-17-6-10/h12H,3-6H2,1-2H3. The molecule has 1 aliphatic rings. The van der Waals surface area contributed by atoms with Crippen molar-refractivity contribution in [3.8, 4) is 0 Å². The van der Waals surface area contributed by atoms with Gasteiger partial charge in [-0.25, -0.2) is 18.1 Å². The van der Waals surface area contributed by atoms with Crippen LogP contribution in [0.5, 0.6) is 0 Å². The molecule has 1 aliphatic heterocycles. The monoisotopic (exact) mass is 326 g/mol. The van der Waals surface area contributed by atoms with Crippen LogP contribution in [-0.2, 0) is 19.5 Å². The summed E-state index contributed by atoms with van der Waals surface area (Å²) in [5.41, 5.74) is -0.188. The zero-order valence-electron chi connectivity index (χ0n) is 10.6.